The number of nitrogens with zero attached hydrogens (tertiary/aromatic N) is 1. The maximum absolute atomic E-state index is 3.60. The van der Waals surface area contributed by atoms with Gasteiger partial charge in [0.2, 0.25) is 0 Å². The molecule has 0 bridgehead atoms. The van der Waals surface area contributed by atoms with Gasteiger partial charge in [-0.05, 0) is 70.0 Å². The number of hydrogen-bond donors (Lipinski definition) is 1. The van der Waals surface area contributed by atoms with Gasteiger partial charge in [0, 0.05) is 12.6 Å². The highest BCUT2D eigenvalue weighted by molar-refractivity contribution is 4.87. The van der Waals surface area contributed by atoms with Gasteiger partial charge in [-0.3, -0.25) is 0 Å². The first-order chi connectivity index (χ1) is 8.78. The van der Waals surface area contributed by atoms with Crippen LogP contribution in [0, 0.1) is 5.41 Å². The molecule has 1 aliphatic heterocycles. The molecule has 0 aromatic carbocycles. The molecule has 2 nitrogen and oxygen atoms in total. The summed E-state index contributed by atoms with van der Waals surface area (Å²) < 4.78 is 0. The van der Waals surface area contributed by atoms with Crippen molar-refractivity contribution < 1.29 is 0 Å². The van der Waals surface area contributed by atoms with Gasteiger partial charge in [-0.25, -0.2) is 0 Å². The molecular formula is C16H32N2. The Hall–Kier alpha value is -0.0800. The van der Waals surface area contributed by atoms with E-state index in [1.807, 2.05) is 0 Å². The molecule has 0 unspecified atom stereocenters. The summed E-state index contributed by atoms with van der Waals surface area (Å²) in [7, 11) is 0. The van der Waals surface area contributed by atoms with Crippen molar-refractivity contribution >= 4 is 0 Å². The van der Waals surface area contributed by atoms with Gasteiger partial charge in [-0.1, -0.05) is 20.3 Å². The average molecular weight is 252 g/mol. The summed E-state index contributed by atoms with van der Waals surface area (Å²) in [5.41, 5.74) is 0.660. The third-order valence-corrected chi connectivity index (χ3v) is 5.18. The van der Waals surface area contributed by atoms with E-state index < -0.39 is 0 Å². The monoisotopic (exact) mass is 252 g/mol. The van der Waals surface area contributed by atoms with E-state index in [0.29, 0.717) is 5.41 Å². The Morgan fingerprint density at radius 3 is 2.50 bits per heavy atom. The van der Waals surface area contributed by atoms with E-state index in [2.05, 4.69) is 24.1 Å². The van der Waals surface area contributed by atoms with Crippen molar-refractivity contribution in [2.75, 3.05) is 26.2 Å². The lowest BCUT2D eigenvalue weighted by Gasteiger charge is -2.26. The molecule has 0 atom stereocenters. The van der Waals surface area contributed by atoms with Crippen molar-refractivity contribution in [3.8, 4) is 0 Å². The molecular weight excluding hydrogens is 220 g/mol. The molecule has 1 N–H and O–H groups in total. The summed E-state index contributed by atoms with van der Waals surface area (Å²) in [6.45, 7) is 10.0. The second-order valence-electron chi connectivity index (χ2n) is 6.52. The molecule has 2 fully saturated rings. The molecule has 0 spiro atoms. The number of likely N-dealkylation sites (tertiary alicyclic amines) is 1. The largest absolute Gasteiger partial charge is 0.314 e. The van der Waals surface area contributed by atoms with E-state index in [4.69, 9.17) is 0 Å². The van der Waals surface area contributed by atoms with Gasteiger partial charge >= 0.3 is 0 Å². The zero-order valence-electron chi connectivity index (χ0n) is 12.5. The highest BCUT2D eigenvalue weighted by Gasteiger charge is 2.34. The highest BCUT2D eigenvalue weighted by atomic mass is 15.2. The van der Waals surface area contributed by atoms with E-state index in [0.717, 1.165) is 6.04 Å². The van der Waals surface area contributed by atoms with Crippen LogP contribution in [0.25, 0.3) is 0 Å². The third-order valence-electron chi connectivity index (χ3n) is 5.18. The van der Waals surface area contributed by atoms with Gasteiger partial charge in [0.15, 0.2) is 0 Å². The lowest BCUT2D eigenvalue weighted by Crippen LogP contribution is -2.27. The molecule has 106 valence electrons. The molecule has 2 heteroatoms. The van der Waals surface area contributed by atoms with Gasteiger partial charge in [-0.2, -0.15) is 0 Å². The van der Waals surface area contributed by atoms with Crippen LogP contribution < -0.4 is 5.32 Å². The molecule has 1 saturated heterocycles. The van der Waals surface area contributed by atoms with Crippen LogP contribution in [0.3, 0.4) is 0 Å². The van der Waals surface area contributed by atoms with Crippen LogP contribution in [0.2, 0.25) is 0 Å². The first kappa shape index (κ1) is 14.3. The molecule has 0 radical (unpaired) electrons. The predicted molar refractivity (Wildman–Crippen MR) is 78.9 cm³/mol. The molecule has 0 amide bonds. The Morgan fingerprint density at radius 1 is 1.11 bits per heavy atom. The van der Waals surface area contributed by atoms with Crippen LogP contribution in [-0.4, -0.2) is 37.1 Å². The summed E-state index contributed by atoms with van der Waals surface area (Å²) >= 11 is 0. The molecule has 0 aromatic heterocycles. The van der Waals surface area contributed by atoms with E-state index in [1.54, 1.807) is 0 Å². The van der Waals surface area contributed by atoms with Crippen molar-refractivity contribution in [3.63, 3.8) is 0 Å². The SMILES string of the molecule is CCC1(CC)CCN(CCCCCNC2CC2)C1. The molecule has 0 aromatic rings. The van der Waals surface area contributed by atoms with E-state index in [-0.39, 0.29) is 0 Å². The van der Waals surface area contributed by atoms with Gasteiger partial charge in [0.1, 0.15) is 0 Å². The Balaban J connectivity index is 1.49. The Bertz CT molecular complexity index is 231. The Kier molecular flexibility index (Phi) is 5.50. The number of unbranched alkanes of at least 4 members (excludes halogenated alkanes) is 2. The predicted octanol–water partition coefficient (Wildman–Crippen LogP) is 3.42. The van der Waals surface area contributed by atoms with Gasteiger partial charge in [0.25, 0.3) is 0 Å². The van der Waals surface area contributed by atoms with Crippen LogP contribution in [0.4, 0.5) is 0 Å². The summed E-state index contributed by atoms with van der Waals surface area (Å²) in [4.78, 5) is 2.71. The van der Waals surface area contributed by atoms with Crippen molar-refractivity contribution in [1.82, 2.24) is 10.2 Å². The average Bonchev–Trinajstić information content (AvgIpc) is 3.13. The van der Waals surface area contributed by atoms with Crippen molar-refractivity contribution in [1.29, 1.82) is 0 Å². The van der Waals surface area contributed by atoms with Gasteiger partial charge < -0.3 is 10.2 Å². The normalized spacial score (nSPS) is 23.7. The van der Waals surface area contributed by atoms with E-state index >= 15 is 0 Å². The van der Waals surface area contributed by atoms with Crippen LogP contribution in [-0.2, 0) is 0 Å². The molecule has 2 rings (SSSR count). The van der Waals surface area contributed by atoms with Crippen molar-refractivity contribution in [2.24, 2.45) is 5.41 Å². The second-order valence-corrected chi connectivity index (χ2v) is 6.52. The minimum absolute atomic E-state index is 0.660. The maximum Gasteiger partial charge on any atom is 0.00682 e. The summed E-state index contributed by atoms with van der Waals surface area (Å²) in [5, 5.41) is 3.60. The van der Waals surface area contributed by atoms with E-state index in [9.17, 15) is 0 Å². The number of hydrogen-bond acceptors (Lipinski definition) is 2. The highest BCUT2D eigenvalue weighted by Crippen LogP contribution is 2.36. The van der Waals surface area contributed by atoms with Crippen LogP contribution in [0.1, 0.15) is 65.2 Å². The van der Waals surface area contributed by atoms with E-state index in [1.165, 1.54) is 77.5 Å². The molecule has 18 heavy (non-hydrogen) atoms. The standard InChI is InChI=1S/C16H32N2/c1-3-16(4-2)10-13-18(14-16)12-7-5-6-11-17-15-8-9-15/h15,17H,3-14H2,1-2H3. The number of rotatable bonds is 9. The molecule has 1 aliphatic carbocycles. The first-order valence-electron chi connectivity index (χ1n) is 8.24. The molecule has 1 heterocycles. The topological polar surface area (TPSA) is 15.3 Å². The summed E-state index contributed by atoms with van der Waals surface area (Å²) in [5.74, 6) is 0. The second kappa shape index (κ2) is 6.91. The summed E-state index contributed by atoms with van der Waals surface area (Å²) in [6, 6.07) is 0.887. The smallest absolute Gasteiger partial charge is 0.00682 e. The van der Waals surface area contributed by atoms with Crippen LogP contribution >= 0.6 is 0 Å². The fourth-order valence-corrected chi connectivity index (χ4v) is 3.28. The zero-order valence-corrected chi connectivity index (χ0v) is 12.5. The Labute approximate surface area is 114 Å². The van der Waals surface area contributed by atoms with Gasteiger partial charge in [-0.15, -0.1) is 0 Å². The van der Waals surface area contributed by atoms with Gasteiger partial charge in [0.05, 0.1) is 0 Å². The van der Waals surface area contributed by atoms with Crippen molar-refractivity contribution in [3.05, 3.63) is 0 Å². The van der Waals surface area contributed by atoms with Crippen molar-refractivity contribution in [2.45, 2.75) is 71.3 Å². The third kappa shape index (κ3) is 4.24. The molecule has 2 aliphatic rings. The van der Waals surface area contributed by atoms with Crippen LogP contribution in [0.5, 0.6) is 0 Å². The number of nitrogens with one attached hydrogen (secondary N) is 1. The minimum atomic E-state index is 0.660. The fourth-order valence-electron chi connectivity index (χ4n) is 3.28. The summed E-state index contributed by atoms with van der Waals surface area (Å²) in [6.07, 6.45) is 11.2. The first-order valence-corrected chi connectivity index (χ1v) is 8.24. The maximum atomic E-state index is 3.60. The lowest BCUT2D eigenvalue weighted by molar-refractivity contribution is 0.238. The Morgan fingerprint density at radius 2 is 1.89 bits per heavy atom. The quantitative estimate of drug-likeness (QED) is 0.633. The van der Waals surface area contributed by atoms with Crippen LogP contribution in [0.15, 0.2) is 0 Å². The minimum Gasteiger partial charge on any atom is -0.314 e. The lowest BCUT2D eigenvalue weighted by atomic mass is 9.82. The fraction of sp³-hybridized carbons (Fsp3) is 1.00. The zero-order chi connectivity index (χ0) is 12.8. The molecule has 1 saturated carbocycles.